The summed E-state index contributed by atoms with van der Waals surface area (Å²) in [5.74, 6) is 1.47. The van der Waals surface area contributed by atoms with E-state index < -0.39 is 0 Å². The van der Waals surface area contributed by atoms with E-state index in [0.29, 0.717) is 24.1 Å². The number of nitrogens with zero attached hydrogens (tertiary/aromatic N) is 1. The number of rotatable bonds is 5. The highest BCUT2D eigenvalue weighted by atomic mass is 127. The highest BCUT2D eigenvalue weighted by molar-refractivity contribution is 14.0. The Kier molecular flexibility index (Phi) is 9.42. The Hall–Kier alpha value is -0.950. The maximum atomic E-state index is 5.91. The maximum absolute atomic E-state index is 5.91. The molecule has 1 aromatic rings. The number of guanidine groups is 1. The standard InChI is InChI=1S/C13H18ClN3O.HI/c1-4-7-16-13(15-2)17-9-10-5-6-11(14)8-12(10)18-3;/h4-6,8H,1,7,9H2,2-3H3,(H2,15,16,17);1H. The highest BCUT2D eigenvalue weighted by Crippen LogP contribution is 2.22. The third-order valence-electron chi connectivity index (χ3n) is 2.33. The number of nitrogens with one attached hydrogen (secondary N) is 2. The fourth-order valence-electron chi connectivity index (χ4n) is 1.43. The van der Waals surface area contributed by atoms with E-state index in [1.165, 1.54) is 0 Å². The molecule has 0 saturated heterocycles. The smallest absolute Gasteiger partial charge is 0.191 e. The zero-order valence-corrected chi connectivity index (χ0v) is 14.2. The van der Waals surface area contributed by atoms with Gasteiger partial charge >= 0.3 is 0 Å². The summed E-state index contributed by atoms with van der Waals surface area (Å²) in [6.45, 7) is 4.91. The number of methoxy groups -OCH3 is 1. The molecule has 0 unspecified atom stereocenters. The second-order valence-electron chi connectivity index (χ2n) is 3.55. The lowest BCUT2D eigenvalue weighted by Gasteiger charge is -2.13. The lowest BCUT2D eigenvalue weighted by Crippen LogP contribution is -2.36. The van der Waals surface area contributed by atoms with E-state index in [1.54, 1.807) is 26.3 Å². The minimum atomic E-state index is 0. The van der Waals surface area contributed by atoms with Crippen LogP contribution in [0.2, 0.25) is 5.02 Å². The molecule has 0 amide bonds. The van der Waals surface area contributed by atoms with Crippen LogP contribution in [-0.4, -0.2) is 26.7 Å². The molecule has 106 valence electrons. The first kappa shape index (κ1) is 18.0. The molecule has 4 nitrogen and oxygen atoms in total. The highest BCUT2D eigenvalue weighted by Gasteiger charge is 2.04. The Labute approximate surface area is 136 Å². The molecule has 0 heterocycles. The topological polar surface area (TPSA) is 45.7 Å². The summed E-state index contributed by atoms with van der Waals surface area (Å²) in [7, 11) is 3.34. The molecule has 0 spiro atoms. The van der Waals surface area contributed by atoms with Gasteiger partial charge in [-0.15, -0.1) is 30.6 Å². The van der Waals surface area contributed by atoms with Gasteiger partial charge in [-0.2, -0.15) is 0 Å². The first-order chi connectivity index (χ1) is 8.71. The van der Waals surface area contributed by atoms with Crippen LogP contribution in [0.1, 0.15) is 5.56 Å². The van der Waals surface area contributed by atoms with Gasteiger partial charge in [-0.25, -0.2) is 0 Å². The fraction of sp³-hybridized carbons (Fsp3) is 0.308. The van der Waals surface area contributed by atoms with Gasteiger partial charge in [0.15, 0.2) is 5.96 Å². The van der Waals surface area contributed by atoms with Crippen molar-refractivity contribution in [3.63, 3.8) is 0 Å². The number of ether oxygens (including phenoxy) is 1. The molecule has 0 aromatic heterocycles. The van der Waals surface area contributed by atoms with Crippen LogP contribution in [0.5, 0.6) is 5.75 Å². The molecule has 0 aliphatic heterocycles. The summed E-state index contributed by atoms with van der Waals surface area (Å²) < 4.78 is 5.27. The molecule has 0 saturated carbocycles. The second-order valence-corrected chi connectivity index (χ2v) is 3.99. The molecule has 0 aliphatic rings. The molecule has 1 rings (SSSR count). The molecule has 2 N–H and O–H groups in total. The lowest BCUT2D eigenvalue weighted by molar-refractivity contribution is 0.409. The van der Waals surface area contributed by atoms with Gasteiger partial charge in [0.25, 0.3) is 0 Å². The number of hydrogen-bond acceptors (Lipinski definition) is 2. The molecule has 0 atom stereocenters. The van der Waals surface area contributed by atoms with E-state index in [2.05, 4.69) is 22.2 Å². The quantitative estimate of drug-likeness (QED) is 0.349. The van der Waals surface area contributed by atoms with Crippen molar-refractivity contribution >= 4 is 41.5 Å². The van der Waals surface area contributed by atoms with Crippen molar-refractivity contribution in [3.8, 4) is 5.75 Å². The molecule has 0 radical (unpaired) electrons. The van der Waals surface area contributed by atoms with Crippen molar-refractivity contribution in [2.24, 2.45) is 4.99 Å². The third kappa shape index (κ3) is 6.15. The van der Waals surface area contributed by atoms with E-state index >= 15 is 0 Å². The summed E-state index contributed by atoms with van der Waals surface area (Å²) in [6, 6.07) is 5.55. The van der Waals surface area contributed by atoms with Crippen molar-refractivity contribution in [2.45, 2.75) is 6.54 Å². The maximum Gasteiger partial charge on any atom is 0.191 e. The molecular formula is C13H19ClIN3O. The Balaban J connectivity index is 0.00000324. The van der Waals surface area contributed by atoms with Crippen molar-refractivity contribution in [2.75, 3.05) is 20.7 Å². The molecule has 1 aromatic carbocycles. The Bertz CT molecular complexity index is 438. The van der Waals surface area contributed by atoms with Crippen molar-refractivity contribution in [1.82, 2.24) is 10.6 Å². The first-order valence-corrected chi connectivity index (χ1v) is 5.97. The fourth-order valence-corrected chi connectivity index (χ4v) is 1.59. The van der Waals surface area contributed by atoms with Crippen molar-refractivity contribution < 1.29 is 4.74 Å². The van der Waals surface area contributed by atoms with Gasteiger partial charge in [-0.3, -0.25) is 4.99 Å². The van der Waals surface area contributed by atoms with E-state index in [1.807, 2.05) is 12.1 Å². The van der Waals surface area contributed by atoms with Gasteiger partial charge in [0.1, 0.15) is 5.75 Å². The first-order valence-electron chi connectivity index (χ1n) is 5.59. The van der Waals surface area contributed by atoms with Crippen LogP contribution < -0.4 is 15.4 Å². The average Bonchev–Trinajstić information content (AvgIpc) is 2.40. The van der Waals surface area contributed by atoms with Crippen molar-refractivity contribution in [1.29, 1.82) is 0 Å². The van der Waals surface area contributed by atoms with Gasteiger partial charge in [-0.05, 0) is 12.1 Å². The normalized spacial score (nSPS) is 10.4. The molecule has 19 heavy (non-hydrogen) atoms. The van der Waals surface area contributed by atoms with Crippen LogP contribution >= 0.6 is 35.6 Å². The number of aliphatic imine (C=N–C) groups is 1. The zero-order chi connectivity index (χ0) is 13.4. The van der Waals surface area contributed by atoms with Gasteiger partial charge in [0.05, 0.1) is 7.11 Å². The zero-order valence-electron chi connectivity index (χ0n) is 11.1. The van der Waals surface area contributed by atoms with Gasteiger partial charge < -0.3 is 15.4 Å². The van der Waals surface area contributed by atoms with Gasteiger partial charge in [-0.1, -0.05) is 23.7 Å². The summed E-state index contributed by atoms with van der Waals surface area (Å²) in [5.41, 5.74) is 1.02. The number of halogens is 2. The predicted octanol–water partition coefficient (Wildman–Crippen LogP) is 2.82. The van der Waals surface area contributed by atoms with Crippen LogP contribution in [0.4, 0.5) is 0 Å². The number of benzene rings is 1. The number of hydrogen-bond donors (Lipinski definition) is 2. The van der Waals surface area contributed by atoms with Crippen LogP contribution in [0.3, 0.4) is 0 Å². The summed E-state index contributed by atoms with van der Waals surface area (Å²) in [5, 5.41) is 6.93. The minimum Gasteiger partial charge on any atom is -0.496 e. The summed E-state index contributed by atoms with van der Waals surface area (Å²) in [4.78, 5) is 4.09. The van der Waals surface area contributed by atoms with Crippen LogP contribution in [-0.2, 0) is 6.54 Å². The molecule has 0 bridgehead atoms. The summed E-state index contributed by atoms with van der Waals surface area (Å²) >= 11 is 5.91. The second kappa shape index (κ2) is 9.91. The van der Waals surface area contributed by atoms with Gasteiger partial charge in [0, 0.05) is 30.7 Å². The minimum absolute atomic E-state index is 0. The Morgan fingerprint density at radius 3 is 2.79 bits per heavy atom. The Morgan fingerprint density at radius 1 is 1.47 bits per heavy atom. The molecular weight excluding hydrogens is 377 g/mol. The van der Waals surface area contributed by atoms with Gasteiger partial charge in [0.2, 0.25) is 0 Å². The SMILES string of the molecule is C=CCNC(=NC)NCc1ccc(Cl)cc1OC.I. The molecule has 0 aliphatic carbocycles. The van der Waals surface area contributed by atoms with Crippen LogP contribution in [0.15, 0.2) is 35.8 Å². The molecule has 0 fully saturated rings. The monoisotopic (exact) mass is 395 g/mol. The predicted molar refractivity (Wildman–Crippen MR) is 91.8 cm³/mol. The largest absolute Gasteiger partial charge is 0.496 e. The van der Waals surface area contributed by atoms with E-state index in [4.69, 9.17) is 16.3 Å². The van der Waals surface area contributed by atoms with E-state index in [9.17, 15) is 0 Å². The average molecular weight is 396 g/mol. The molecule has 6 heteroatoms. The van der Waals surface area contributed by atoms with E-state index in [-0.39, 0.29) is 24.0 Å². The Morgan fingerprint density at radius 2 is 2.21 bits per heavy atom. The summed E-state index contributed by atoms with van der Waals surface area (Å²) in [6.07, 6.45) is 1.77. The van der Waals surface area contributed by atoms with Crippen LogP contribution in [0.25, 0.3) is 0 Å². The van der Waals surface area contributed by atoms with Crippen molar-refractivity contribution in [3.05, 3.63) is 41.4 Å². The van der Waals surface area contributed by atoms with Crippen LogP contribution in [0, 0.1) is 0 Å². The van der Waals surface area contributed by atoms with E-state index in [0.717, 1.165) is 11.3 Å². The third-order valence-corrected chi connectivity index (χ3v) is 2.57. The lowest BCUT2D eigenvalue weighted by atomic mass is 10.2.